The van der Waals surface area contributed by atoms with E-state index >= 15 is 0 Å². The number of hydrogen-bond donors (Lipinski definition) is 2. The van der Waals surface area contributed by atoms with E-state index in [9.17, 15) is 4.79 Å². The number of aromatic carboxylic acids is 1. The Balaban J connectivity index is 3.24. The van der Waals surface area contributed by atoms with E-state index in [1.165, 1.54) is 17.8 Å². The Kier molecular flexibility index (Phi) is 2.83. The molecule has 0 bridgehead atoms. The molecule has 1 aromatic rings. The number of carboxylic acid groups (broad SMARTS) is 1. The van der Waals surface area contributed by atoms with E-state index in [-0.39, 0.29) is 10.3 Å². The largest absolute Gasteiger partial charge is 0.477 e. The van der Waals surface area contributed by atoms with Gasteiger partial charge in [-0.05, 0) is 6.26 Å². The van der Waals surface area contributed by atoms with Crippen LogP contribution in [0.15, 0.2) is 11.2 Å². The van der Waals surface area contributed by atoms with Gasteiger partial charge in [0.25, 0.3) is 0 Å². The molecule has 2 N–H and O–H groups in total. The molecule has 0 saturated carbocycles. The molecule has 6 heteroatoms. The predicted octanol–water partition coefficient (Wildman–Crippen LogP) is 1.56. The van der Waals surface area contributed by atoms with Gasteiger partial charge in [0.1, 0.15) is 10.3 Å². The SMILES string of the molecule is CSc1nc(=S)cc(C(=O)O)[nH]1. The molecule has 0 aliphatic carbocycles. The number of H-pyrrole nitrogens is 1. The monoisotopic (exact) mass is 202 g/mol. The van der Waals surface area contributed by atoms with Crippen molar-refractivity contribution in [3.8, 4) is 0 Å². The summed E-state index contributed by atoms with van der Waals surface area (Å²) in [5.41, 5.74) is 0.0688. The third kappa shape index (κ3) is 2.05. The van der Waals surface area contributed by atoms with Crippen molar-refractivity contribution in [3.63, 3.8) is 0 Å². The Morgan fingerprint density at radius 2 is 2.50 bits per heavy atom. The minimum atomic E-state index is -1.03. The first kappa shape index (κ1) is 9.21. The summed E-state index contributed by atoms with van der Waals surface area (Å²) in [5.74, 6) is -1.03. The average Bonchev–Trinajstić information content (AvgIpc) is 2.03. The fourth-order valence-electron chi connectivity index (χ4n) is 0.647. The van der Waals surface area contributed by atoms with Crippen molar-refractivity contribution < 1.29 is 9.90 Å². The smallest absolute Gasteiger partial charge is 0.352 e. The lowest BCUT2D eigenvalue weighted by atomic mass is 10.4. The zero-order valence-electron chi connectivity index (χ0n) is 6.20. The van der Waals surface area contributed by atoms with Crippen molar-refractivity contribution in [2.45, 2.75) is 5.16 Å². The van der Waals surface area contributed by atoms with Crippen LogP contribution in [0.1, 0.15) is 10.5 Å². The summed E-state index contributed by atoms with van der Waals surface area (Å²) in [5, 5.41) is 9.13. The van der Waals surface area contributed by atoms with Gasteiger partial charge in [0.05, 0.1) is 0 Å². The minimum absolute atomic E-state index is 0.0688. The number of nitrogens with zero attached hydrogens (tertiary/aromatic N) is 1. The highest BCUT2D eigenvalue weighted by Gasteiger charge is 2.04. The second kappa shape index (κ2) is 3.68. The first-order valence-electron chi connectivity index (χ1n) is 3.02. The van der Waals surface area contributed by atoms with Crippen LogP contribution in [0.2, 0.25) is 0 Å². The van der Waals surface area contributed by atoms with E-state index in [1.807, 2.05) is 0 Å². The first-order chi connectivity index (χ1) is 5.63. The molecule has 0 spiro atoms. The number of thioether (sulfide) groups is 1. The summed E-state index contributed by atoms with van der Waals surface area (Å²) in [4.78, 5) is 17.0. The number of carbonyl (C=O) groups is 1. The number of carboxylic acids is 1. The fraction of sp³-hybridized carbons (Fsp3) is 0.167. The highest BCUT2D eigenvalue weighted by Crippen LogP contribution is 2.08. The maximum absolute atomic E-state index is 10.5. The van der Waals surface area contributed by atoms with Gasteiger partial charge in [-0.25, -0.2) is 9.78 Å². The maximum atomic E-state index is 10.5. The van der Waals surface area contributed by atoms with Crippen LogP contribution >= 0.6 is 24.0 Å². The van der Waals surface area contributed by atoms with E-state index in [2.05, 4.69) is 9.97 Å². The molecule has 0 aliphatic heterocycles. The summed E-state index contributed by atoms with van der Waals surface area (Å²) in [6.45, 7) is 0. The van der Waals surface area contributed by atoms with Gasteiger partial charge in [-0.2, -0.15) is 0 Å². The molecule has 0 aliphatic rings. The van der Waals surface area contributed by atoms with Crippen LogP contribution in [-0.4, -0.2) is 27.3 Å². The van der Waals surface area contributed by atoms with Crippen LogP contribution in [0, 0.1) is 4.64 Å². The molecule has 0 amide bonds. The molecule has 1 aromatic heterocycles. The molecule has 0 radical (unpaired) electrons. The zero-order valence-corrected chi connectivity index (χ0v) is 7.83. The quantitative estimate of drug-likeness (QED) is 0.433. The molecule has 12 heavy (non-hydrogen) atoms. The lowest BCUT2D eigenvalue weighted by Crippen LogP contribution is -2.02. The van der Waals surface area contributed by atoms with Gasteiger partial charge in [-0.1, -0.05) is 24.0 Å². The molecule has 0 aromatic carbocycles. The summed E-state index contributed by atoms with van der Waals surface area (Å²) in [6, 6.07) is 1.32. The van der Waals surface area contributed by atoms with Gasteiger partial charge in [0.2, 0.25) is 0 Å². The maximum Gasteiger partial charge on any atom is 0.352 e. The second-order valence-corrected chi connectivity index (χ2v) is 3.16. The van der Waals surface area contributed by atoms with Gasteiger partial charge in [-0.15, -0.1) is 0 Å². The van der Waals surface area contributed by atoms with Gasteiger partial charge >= 0.3 is 5.97 Å². The summed E-state index contributed by atoms with van der Waals surface area (Å²) >= 11 is 6.08. The lowest BCUT2D eigenvalue weighted by molar-refractivity contribution is 0.0689. The molecule has 64 valence electrons. The summed E-state index contributed by atoms with van der Waals surface area (Å²) < 4.78 is 0.288. The van der Waals surface area contributed by atoms with E-state index in [0.717, 1.165) is 0 Å². The van der Waals surface area contributed by atoms with Crippen LogP contribution < -0.4 is 0 Å². The minimum Gasteiger partial charge on any atom is -0.477 e. The van der Waals surface area contributed by atoms with Crippen molar-refractivity contribution in [3.05, 3.63) is 16.4 Å². The molecule has 0 saturated heterocycles. The Bertz CT molecular complexity index is 361. The van der Waals surface area contributed by atoms with E-state index in [4.69, 9.17) is 17.3 Å². The Hall–Kier alpha value is -0.880. The van der Waals surface area contributed by atoms with Crippen molar-refractivity contribution in [1.29, 1.82) is 0 Å². The van der Waals surface area contributed by atoms with Gasteiger partial charge in [-0.3, -0.25) is 0 Å². The first-order valence-corrected chi connectivity index (χ1v) is 4.65. The Labute approximate surface area is 78.0 Å². The molecule has 0 atom stereocenters. The predicted molar refractivity (Wildman–Crippen MR) is 48.2 cm³/mol. The van der Waals surface area contributed by atoms with Crippen molar-refractivity contribution >= 4 is 29.9 Å². The van der Waals surface area contributed by atoms with E-state index in [0.29, 0.717) is 5.16 Å². The van der Waals surface area contributed by atoms with Gasteiger partial charge < -0.3 is 10.1 Å². The van der Waals surface area contributed by atoms with E-state index < -0.39 is 5.97 Å². The molecular weight excluding hydrogens is 196 g/mol. The third-order valence-corrected chi connectivity index (χ3v) is 1.93. The summed E-state index contributed by atoms with van der Waals surface area (Å²) in [7, 11) is 0. The van der Waals surface area contributed by atoms with Crippen LogP contribution in [0.4, 0.5) is 0 Å². The Morgan fingerprint density at radius 3 is 3.00 bits per heavy atom. The fourth-order valence-corrected chi connectivity index (χ4v) is 1.32. The standard InChI is InChI=1S/C6H6N2O2S2/c1-12-6-7-3(5(9)10)2-4(11)8-6/h2H,1H3,(H,9,10)(H,7,8,11). The number of aromatic nitrogens is 2. The molecular formula is C6H6N2O2S2. The van der Waals surface area contributed by atoms with Crippen molar-refractivity contribution in [2.24, 2.45) is 0 Å². The number of hydrogen-bond acceptors (Lipinski definition) is 4. The molecule has 0 fully saturated rings. The summed E-state index contributed by atoms with van der Waals surface area (Å²) in [6.07, 6.45) is 1.79. The van der Waals surface area contributed by atoms with Crippen LogP contribution in [-0.2, 0) is 0 Å². The molecule has 0 unspecified atom stereocenters. The third-order valence-electron chi connectivity index (χ3n) is 1.14. The molecule has 1 heterocycles. The molecule has 1 rings (SSSR count). The van der Waals surface area contributed by atoms with Crippen molar-refractivity contribution in [1.82, 2.24) is 9.97 Å². The number of nitrogens with one attached hydrogen (secondary N) is 1. The Morgan fingerprint density at radius 1 is 1.83 bits per heavy atom. The van der Waals surface area contributed by atoms with Crippen molar-refractivity contribution in [2.75, 3.05) is 6.26 Å². The van der Waals surface area contributed by atoms with Gasteiger partial charge in [0, 0.05) is 6.07 Å². The van der Waals surface area contributed by atoms with Crippen LogP contribution in [0.3, 0.4) is 0 Å². The van der Waals surface area contributed by atoms with E-state index in [1.54, 1.807) is 6.26 Å². The van der Waals surface area contributed by atoms with Crippen LogP contribution in [0.25, 0.3) is 0 Å². The van der Waals surface area contributed by atoms with Crippen LogP contribution in [0.5, 0.6) is 0 Å². The zero-order chi connectivity index (χ0) is 9.14. The molecule has 4 nitrogen and oxygen atoms in total. The average molecular weight is 202 g/mol. The highest BCUT2D eigenvalue weighted by molar-refractivity contribution is 7.98. The second-order valence-electron chi connectivity index (χ2n) is 1.95. The highest BCUT2D eigenvalue weighted by atomic mass is 32.2. The topological polar surface area (TPSA) is 66.0 Å². The lowest BCUT2D eigenvalue weighted by Gasteiger charge is -1.97. The number of rotatable bonds is 2. The normalized spacial score (nSPS) is 9.75. The number of aromatic amines is 1. The van der Waals surface area contributed by atoms with Gasteiger partial charge in [0.15, 0.2) is 5.16 Å².